The second-order valence-electron chi connectivity index (χ2n) is 1.75. The van der Waals surface area contributed by atoms with Crippen molar-refractivity contribution in [2.75, 3.05) is 0 Å². The quantitative estimate of drug-likeness (QED) is 0.718. The Balaban J connectivity index is 3.14. The van der Waals surface area contributed by atoms with Gasteiger partial charge >= 0.3 is 0 Å². The Morgan fingerprint density at radius 2 is 2.09 bits per heavy atom. The number of nitrogens with zero attached hydrogens (tertiary/aromatic N) is 2. The summed E-state index contributed by atoms with van der Waals surface area (Å²) in [4.78, 5) is 4.08. The van der Waals surface area contributed by atoms with E-state index < -0.39 is 0 Å². The SMILES string of the molecule is C#CCn1c(Br)nc(Br)c1Br. The number of hydrogen-bond acceptors (Lipinski definition) is 1. The van der Waals surface area contributed by atoms with Crippen LogP contribution >= 0.6 is 47.8 Å². The molecular weight excluding hydrogens is 340 g/mol. The van der Waals surface area contributed by atoms with Crippen molar-refractivity contribution in [2.45, 2.75) is 6.54 Å². The molecule has 11 heavy (non-hydrogen) atoms. The van der Waals surface area contributed by atoms with Crippen LogP contribution in [0.4, 0.5) is 0 Å². The highest BCUT2D eigenvalue weighted by Crippen LogP contribution is 2.26. The molecule has 0 aliphatic rings. The minimum atomic E-state index is 0.500. The van der Waals surface area contributed by atoms with Crippen LogP contribution in [-0.4, -0.2) is 9.55 Å². The molecule has 0 unspecified atom stereocenters. The summed E-state index contributed by atoms with van der Waals surface area (Å²) in [5.41, 5.74) is 0. The number of rotatable bonds is 1. The van der Waals surface area contributed by atoms with E-state index >= 15 is 0 Å². The zero-order valence-electron chi connectivity index (χ0n) is 5.31. The Labute approximate surface area is 89.8 Å². The fourth-order valence-corrected chi connectivity index (χ4v) is 2.33. The molecule has 0 saturated heterocycles. The Morgan fingerprint density at radius 1 is 1.45 bits per heavy atom. The summed E-state index contributed by atoms with van der Waals surface area (Å²) in [6, 6.07) is 0. The molecule has 0 radical (unpaired) electrons. The zero-order valence-corrected chi connectivity index (χ0v) is 10.1. The maximum atomic E-state index is 5.15. The van der Waals surface area contributed by atoms with Crippen LogP contribution in [0.3, 0.4) is 0 Å². The van der Waals surface area contributed by atoms with Crippen molar-refractivity contribution in [3.63, 3.8) is 0 Å². The molecule has 1 aromatic heterocycles. The van der Waals surface area contributed by atoms with E-state index in [2.05, 4.69) is 58.7 Å². The molecule has 1 aromatic rings. The van der Waals surface area contributed by atoms with Gasteiger partial charge in [0.05, 0.1) is 6.54 Å². The maximum Gasteiger partial charge on any atom is 0.179 e. The Morgan fingerprint density at radius 3 is 2.45 bits per heavy atom. The highest BCUT2D eigenvalue weighted by atomic mass is 79.9. The molecule has 0 bridgehead atoms. The van der Waals surface area contributed by atoms with Crippen molar-refractivity contribution in [3.05, 3.63) is 13.9 Å². The predicted molar refractivity (Wildman–Crippen MR) is 54.2 cm³/mol. The van der Waals surface area contributed by atoms with Gasteiger partial charge in [0.2, 0.25) is 0 Å². The number of halogens is 3. The van der Waals surface area contributed by atoms with Gasteiger partial charge in [0.1, 0.15) is 9.21 Å². The summed E-state index contributed by atoms with van der Waals surface area (Å²) in [7, 11) is 0. The molecule has 0 amide bonds. The third kappa shape index (κ3) is 1.86. The summed E-state index contributed by atoms with van der Waals surface area (Å²) < 4.78 is 4.14. The van der Waals surface area contributed by atoms with Crippen LogP contribution in [-0.2, 0) is 6.54 Å². The van der Waals surface area contributed by atoms with E-state index in [-0.39, 0.29) is 0 Å². The summed E-state index contributed by atoms with van der Waals surface area (Å²) in [5, 5.41) is 0. The van der Waals surface area contributed by atoms with Crippen molar-refractivity contribution >= 4 is 47.8 Å². The van der Waals surface area contributed by atoms with Gasteiger partial charge in [-0.1, -0.05) is 5.92 Å². The largest absolute Gasteiger partial charge is 0.300 e. The van der Waals surface area contributed by atoms with E-state index in [1.165, 1.54) is 0 Å². The molecule has 5 heteroatoms. The van der Waals surface area contributed by atoms with E-state index in [1.807, 2.05) is 4.57 Å². The molecule has 58 valence electrons. The molecule has 0 saturated carbocycles. The first-order valence-electron chi connectivity index (χ1n) is 2.67. The molecule has 0 N–H and O–H groups in total. The van der Waals surface area contributed by atoms with Crippen LogP contribution in [0.1, 0.15) is 0 Å². The Kier molecular flexibility index (Phi) is 3.16. The molecule has 0 fully saturated rings. The molecule has 2 nitrogen and oxygen atoms in total. The second kappa shape index (κ2) is 3.74. The summed E-state index contributed by atoms with van der Waals surface area (Å²) in [6.45, 7) is 0.500. The van der Waals surface area contributed by atoms with Gasteiger partial charge in [-0.3, -0.25) is 0 Å². The number of terminal acetylenes is 1. The van der Waals surface area contributed by atoms with Crippen molar-refractivity contribution in [2.24, 2.45) is 0 Å². The van der Waals surface area contributed by atoms with Crippen LogP contribution < -0.4 is 0 Å². The van der Waals surface area contributed by atoms with Crippen LogP contribution in [0, 0.1) is 12.3 Å². The average Bonchev–Trinajstić information content (AvgIpc) is 2.17. The molecular formula is C6H3Br3N2. The first kappa shape index (κ1) is 9.30. The van der Waals surface area contributed by atoms with Crippen LogP contribution in [0.5, 0.6) is 0 Å². The summed E-state index contributed by atoms with van der Waals surface area (Å²) in [6.07, 6.45) is 5.15. The summed E-state index contributed by atoms with van der Waals surface area (Å²) >= 11 is 9.85. The van der Waals surface area contributed by atoms with Crippen LogP contribution in [0.2, 0.25) is 0 Å². The fourth-order valence-electron chi connectivity index (χ4n) is 0.606. The predicted octanol–water partition coefficient (Wildman–Crippen LogP) is 2.80. The standard InChI is InChI=1S/C6H3Br3N2/c1-2-3-11-5(8)4(7)10-6(11)9/h1H,3H2. The molecule has 0 atom stereocenters. The van der Waals surface area contributed by atoms with E-state index in [9.17, 15) is 0 Å². The van der Waals surface area contributed by atoms with Crippen molar-refractivity contribution < 1.29 is 0 Å². The van der Waals surface area contributed by atoms with Crippen LogP contribution in [0.25, 0.3) is 0 Å². The minimum absolute atomic E-state index is 0.500. The minimum Gasteiger partial charge on any atom is -0.300 e. The number of aromatic nitrogens is 2. The van der Waals surface area contributed by atoms with Gasteiger partial charge in [-0.05, 0) is 47.8 Å². The molecule has 1 heterocycles. The third-order valence-electron chi connectivity index (χ3n) is 1.07. The third-order valence-corrected chi connectivity index (χ3v) is 3.56. The molecule has 0 aromatic carbocycles. The highest BCUT2D eigenvalue weighted by molar-refractivity contribution is 9.13. The highest BCUT2D eigenvalue weighted by Gasteiger charge is 2.08. The lowest BCUT2D eigenvalue weighted by atomic mass is 10.6. The van der Waals surface area contributed by atoms with Crippen molar-refractivity contribution in [1.29, 1.82) is 0 Å². The number of imidazole rings is 1. The first-order valence-corrected chi connectivity index (χ1v) is 5.05. The Bertz CT molecular complexity index is 310. The van der Waals surface area contributed by atoms with E-state index in [0.717, 1.165) is 9.21 Å². The first-order chi connectivity index (χ1) is 5.16. The molecule has 1 rings (SSSR count). The van der Waals surface area contributed by atoms with Gasteiger partial charge in [-0.25, -0.2) is 4.98 Å². The van der Waals surface area contributed by atoms with Crippen LogP contribution in [0.15, 0.2) is 13.9 Å². The Hall–Kier alpha value is 0.210. The molecule has 0 spiro atoms. The van der Waals surface area contributed by atoms with E-state index in [4.69, 9.17) is 6.42 Å². The zero-order chi connectivity index (χ0) is 8.43. The van der Waals surface area contributed by atoms with Gasteiger partial charge in [0, 0.05) is 0 Å². The molecule has 0 aliphatic carbocycles. The van der Waals surface area contributed by atoms with Crippen molar-refractivity contribution in [3.8, 4) is 12.3 Å². The maximum absolute atomic E-state index is 5.15. The van der Waals surface area contributed by atoms with E-state index in [0.29, 0.717) is 11.3 Å². The second-order valence-corrected chi connectivity index (χ2v) is 3.96. The molecule has 0 aliphatic heterocycles. The topological polar surface area (TPSA) is 17.8 Å². The van der Waals surface area contributed by atoms with Crippen molar-refractivity contribution in [1.82, 2.24) is 9.55 Å². The lowest BCUT2D eigenvalue weighted by Crippen LogP contribution is -1.95. The lowest BCUT2D eigenvalue weighted by Gasteiger charge is -1.97. The fraction of sp³-hybridized carbons (Fsp3) is 0.167. The van der Waals surface area contributed by atoms with Gasteiger partial charge in [-0.15, -0.1) is 6.42 Å². The van der Waals surface area contributed by atoms with E-state index in [1.54, 1.807) is 0 Å². The lowest BCUT2D eigenvalue weighted by molar-refractivity contribution is 0.795. The van der Waals surface area contributed by atoms with Gasteiger partial charge < -0.3 is 4.57 Å². The summed E-state index contributed by atoms with van der Waals surface area (Å²) in [5.74, 6) is 2.52. The smallest absolute Gasteiger partial charge is 0.179 e. The number of hydrogen-bond donors (Lipinski definition) is 0. The monoisotopic (exact) mass is 340 g/mol. The normalized spacial score (nSPS) is 9.64. The van der Waals surface area contributed by atoms with Gasteiger partial charge in [-0.2, -0.15) is 0 Å². The average molecular weight is 343 g/mol. The van der Waals surface area contributed by atoms with Gasteiger partial charge in [0.25, 0.3) is 0 Å². The van der Waals surface area contributed by atoms with Gasteiger partial charge in [0.15, 0.2) is 4.73 Å².